The van der Waals surface area contributed by atoms with Crippen LogP contribution in [0, 0.1) is 13.8 Å². The Labute approximate surface area is 242 Å². The number of ether oxygens (including phenoxy) is 2. The Morgan fingerprint density at radius 2 is 1.79 bits per heavy atom. The van der Waals surface area contributed by atoms with E-state index in [0.29, 0.717) is 31.3 Å². The molecule has 0 saturated heterocycles. The molecule has 1 N–H and O–H groups in total. The van der Waals surface area contributed by atoms with E-state index in [9.17, 15) is 14.7 Å². The van der Waals surface area contributed by atoms with Crippen LogP contribution in [0.15, 0.2) is 68.8 Å². The van der Waals surface area contributed by atoms with Gasteiger partial charge in [0.2, 0.25) is 5.88 Å². The number of hydrogen-bond donors (Lipinski definition) is 1. The third kappa shape index (κ3) is 7.70. The van der Waals surface area contributed by atoms with Gasteiger partial charge in [-0.3, -0.25) is 9.53 Å². The fourth-order valence-corrected chi connectivity index (χ4v) is 3.83. The van der Waals surface area contributed by atoms with Gasteiger partial charge in [0.05, 0.1) is 12.2 Å². The Kier molecular flexibility index (Phi) is 9.78. The largest absolute Gasteiger partial charge is 1.00 e. The maximum atomic E-state index is 11.6. The maximum Gasteiger partial charge on any atom is 1.00 e. The summed E-state index contributed by atoms with van der Waals surface area (Å²) >= 11 is 0. The summed E-state index contributed by atoms with van der Waals surface area (Å²) in [7, 11) is 0. The van der Waals surface area contributed by atoms with Crippen molar-refractivity contribution in [3.8, 4) is 22.8 Å². The first-order chi connectivity index (χ1) is 17.6. The van der Waals surface area contributed by atoms with Crippen LogP contribution in [-0.4, -0.2) is 27.0 Å². The Balaban J connectivity index is 0.00000400. The van der Waals surface area contributed by atoms with Gasteiger partial charge in [0.15, 0.2) is 5.69 Å². The first-order valence-electron chi connectivity index (χ1n) is 12.0. The number of benzene rings is 2. The molecule has 0 aliphatic carbocycles. The molecule has 4 rings (SSSR count). The van der Waals surface area contributed by atoms with E-state index in [1.54, 1.807) is 38.1 Å². The van der Waals surface area contributed by atoms with Crippen molar-refractivity contribution in [2.45, 2.75) is 52.9 Å². The second-order valence-corrected chi connectivity index (χ2v) is 9.56. The molecule has 0 saturated carbocycles. The van der Waals surface area contributed by atoms with Gasteiger partial charge in [-0.25, -0.2) is 9.78 Å². The number of nitrogens with zero attached hydrogens (tertiary/aromatic N) is 3. The molecule has 2 aromatic carbocycles. The van der Waals surface area contributed by atoms with Gasteiger partial charge in [-0.15, -0.1) is 0 Å². The zero-order valence-electron chi connectivity index (χ0n) is 22.4. The fourth-order valence-electron chi connectivity index (χ4n) is 3.83. The van der Waals surface area contributed by atoms with Gasteiger partial charge in [-0.2, -0.15) is 0 Å². The molecule has 38 heavy (non-hydrogen) atoms. The van der Waals surface area contributed by atoms with Gasteiger partial charge in [0.1, 0.15) is 12.4 Å². The second-order valence-electron chi connectivity index (χ2n) is 9.56. The first kappa shape index (κ1) is 29.4. The number of pyridine rings is 1. The van der Waals surface area contributed by atoms with Gasteiger partial charge >= 0.3 is 35.3 Å². The van der Waals surface area contributed by atoms with E-state index in [4.69, 9.17) is 14.0 Å². The van der Waals surface area contributed by atoms with Crippen LogP contribution < -0.4 is 55.5 Å². The maximum absolute atomic E-state index is 11.6. The van der Waals surface area contributed by atoms with Crippen LogP contribution >= 0.6 is 0 Å². The Bertz CT molecular complexity index is 1480. The van der Waals surface area contributed by atoms with E-state index < -0.39 is 17.0 Å². The summed E-state index contributed by atoms with van der Waals surface area (Å²) in [4.78, 5) is 30.3. The predicted molar refractivity (Wildman–Crippen MR) is 138 cm³/mol. The molecule has 0 aliphatic rings. The van der Waals surface area contributed by atoms with Gasteiger partial charge in [-0.1, -0.05) is 30.3 Å². The third-order valence-electron chi connectivity index (χ3n) is 6.02. The minimum Gasteiger partial charge on any atom is -0.489 e. The summed E-state index contributed by atoms with van der Waals surface area (Å²) in [5.41, 5.74) is 4.55. The fraction of sp³-hybridized carbons (Fsp3) is 0.321. The number of aliphatic hydroxyl groups is 1. The average Bonchev–Trinajstić information content (AvgIpc) is 3.15. The molecule has 10 heteroatoms. The van der Waals surface area contributed by atoms with Crippen LogP contribution in [0.2, 0.25) is 0 Å². The average molecular weight is 528 g/mol. The minimum atomic E-state index is -0.903. The molecule has 0 aliphatic heterocycles. The van der Waals surface area contributed by atoms with Crippen molar-refractivity contribution in [2.24, 2.45) is 0 Å². The number of hydrogen-bond acceptors (Lipinski definition) is 7. The van der Waals surface area contributed by atoms with Crippen molar-refractivity contribution in [2.75, 3.05) is 6.61 Å². The zero-order valence-corrected chi connectivity index (χ0v) is 24.4. The molecule has 0 atom stereocenters. The standard InChI is InChI=1S/C28H31N3O6.Na/c1-18-14-25(35-13-12-28(3,4)34)29-15-24(18)23-7-5-6-21(19(23)2)17-36-22-10-8-20(9-11-22)16-31-26(32)30-27(33)37-31;/h5-11,14-15,34H,12-13,16-17H2,1-4H3,(H,30,32,33);/q;+1/p-1. The summed E-state index contributed by atoms with van der Waals surface area (Å²) in [5.74, 6) is 0.307. The summed E-state index contributed by atoms with van der Waals surface area (Å²) in [6.07, 6.45) is 2.33. The van der Waals surface area contributed by atoms with E-state index in [2.05, 4.69) is 23.0 Å². The Morgan fingerprint density at radius 1 is 1.05 bits per heavy atom. The summed E-state index contributed by atoms with van der Waals surface area (Å²) in [6.45, 7) is 8.47. The molecular formula is C28H30N3NaO6. The molecule has 2 heterocycles. The van der Waals surface area contributed by atoms with Gasteiger partial charge in [-0.05, 0) is 67.6 Å². The van der Waals surface area contributed by atoms with Crippen LogP contribution in [0.1, 0.15) is 42.5 Å². The van der Waals surface area contributed by atoms with Crippen molar-refractivity contribution in [1.29, 1.82) is 0 Å². The summed E-state index contributed by atoms with van der Waals surface area (Å²) in [6, 6.07) is 15.2. The number of aromatic nitrogens is 3. The molecule has 194 valence electrons. The van der Waals surface area contributed by atoms with Crippen molar-refractivity contribution in [3.63, 3.8) is 0 Å². The number of aryl methyl sites for hydroxylation is 1. The van der Waals surface area contributed by atoms with E-state index in [1.165, 1.54) is 0 Å². The van der Waals surface area contributed by atoms with Gasteiger partial charge in [0.25, 0.3) is 0 Å². The molecule has 0 amide bonds. The first-order valence-corrected chi connectivity index (χ1v) is 12.0. The molecule has 4 aromatic rings. The van der Waals surface area contributed by atoms with Crippen molar-refractivity contribution in [1.82, 2.24) is 14.7 Å². The topological polar surface area (TPSA) is 118 Å². The van der Waals surface area contributed by atoms with Crippen molar-refractivity contribution in [3.05, 3.63) is 98.0 Å². The van der Waals surface area contributed by atoms with Crippen LogP contribution in [0.25, 0.3) is 11.1 Å². The van der Waals surface area contributed by atoms with E-state index in [-0.39, 0.29) is 36.1 Å². The molecule has 0 fully saturated rings. The van der Waals surface area contributed by atoms with Crippen LogP contribution in [0.5, 0.6) is 11.6 Å². The van der Waals surface area contributed by atoms with E-state index >= 15 is 0 Å². The van der Waals surface area contributed by atoms with Crippen LogP contribution in [-0.2, 0) is 13.2 Å². The van der Waals surface area contributed by atoms with Crippen LogP contribution in [0.4, 0.5) is 0 Å². The Morgan fingerprint density at radius 3 is 2.42 bits per heavy atom. The SMILES string of the molecule is Cc1cc(OCCC(C)(C)O)ncc1-c1cccc(COc2ccc(Cn3oc(=O)[n-]c3=O)cc2)c1C.[Na+]. The Hall–Kier alpha value is -3.11. The van der Waals surface area contributed by atoms with E-state index in [1.807, 2.05) is 31.3 Å². The molecule has 0 bridgehead atoms. The quantitative estimate of drug-likeness (QED) is 0.298. The van der Waals surface area contributed by atoms with Gasteiger partial charge < -0.3 is 24.1 Å². The molecule has 0 unspecified atom stereocenters. The minimum absolute atomic E-state index is 0. The number of rotatable bonds is 10. The monoisotopic (exact) mass is 527 g/mol. The smallest absolute Gasteiger partial charge is 0.489 e. The third-order valence-corrected chi connectivity index (χ3v) is 6.02. The summed E-state index contributed by atoms with van der Waals surface area (Å²) in [5, 5.41) is 9.86. The van der Waals surface area contributed by atoms with Crippen molar-refractivity contribution >= 4 is 0 Å². The predicted octanol–water partition coefficient (Wildman–Crippen LogP) is 0.609. The molecule has 0 radical (unpaired) electrons. The molecular weight excluding hydrogens is 497 g/mol. The normalized spacial score (nSPS) is 11.2. The summed E-state index contributed by atoms with van der Waals surface area (Å²) < 4.78 is 17.4. The molecule has 2 aromatic heterocycles. The molecule has 0 spiro atoms. The van der Waals surface area contributed by atoms with Crippen LogP contribution in [0.3, 0.4) is 0 Å². The van der Waals surface area contributed by atoms with Gasteiger partial charge in [0, 0.05) is 30.8 Å². The van der Waals surface area contributed by atoms with Crippen molar-refractivity contribution < 1.29 is 48.7 Å². The van der Waals surface area contributed by atoms with E-state index in [0.717, 1.165) is 38.1 Å². The zero-order chi connectivity index (χ0) is 26.6. The second kappa shape index (κ2) is 12.6. The molecule has 9 nitrogen and oxygen atoms in total.